The summed E-state index contributed by atoms with van der Waals surface area (Å²) in [7, 11) is 0. The highest BCUT2D eigenvalue weighted by Gasteiger charge is 2.15. The van der Waals surface area contributed by atoms with E-state index in [9.17, 15) is 9.59 Å². The van der Waals surface area contributed by atoms with Gasteiger partial charge in [0.25, 0.3) is 0 Å². The summed E-state index contributed by atoms with van der Waals surface area (Å²) in [6.45, 7) is 3.94. The number of carbonyl (C=O) groups is 2. The Labute approximate surface area is 152 Å². The number of esters is 1. The number of carboxylic acids is 1. The molecule has 140 valence electrons. The highest BCUT2D eigenvalue weighted by molar-refractivity contribution is 5.71. The maximum atomic E-state index is 11.6. The van der Waals surface area contributed by atoms with Crippen LogP contribution in [0.3, 0.4) is 0 Å². The molecule has 0 saturated heterocycles. The molecule has 1 atom stereocenters. The molecule has 0 rings (SSSR count). The van der Waals surface area contributed by atoms with Crippen molar-refractivity contribution < 1.29 is 19.4 Å². The third kappa shape index (κ3) is 16.5. The zero-order chi connectivity index (χ0) is 18.8. The van der Waals surface area contributed by atoms with Crippen LogP contribution in [-0.4, -0.2) is 23.1 Å². The topological polar surface area (TPSA) is 63.6 Å². The van der Waals surface area contributed by atoms with Crippen LogP contribution in [0.15, 0.2) is 48.6 Å². The van der Waals surface area contributed by atoms with Crippen LogP contribution in [0, 0.1) is 0 Å². The molecule has 1 unspecified atom stereocenters. The summed E-state index contributed by atoms with van der Waals surface area (Å²) in [6.07, 6.45) is 21.4. The summed E-state index contributed by atoms with van der Waals surface area (Å²) in [5.74, 6) is -1.28. The van der Waals surface area contributed by atoms with E-state index in [1.165, 1.54) is 0 Å². The second-order valence-corrected chi connectivity index (χ2v) is 5.66. The van der Waals surface area contributed by atoms with Crippen LogP contribution in [0.5, 0.6) is 0 Å². The second kappa shape index (κ2) is 16.7. The summed E-state index contributed by atoms with van der Waals surface area (Å²) < 4.78 is 5.14. The fourth-order valence-electron chi connectivity index (χ4n) is 2.01. The summed E-state index contributed by atoms with van der Waals surface area (Å²) >= 11 is 0. The molecule has 0 aromatic carbocycles. The number of ether oxygens (including phenoxy) is 1. The zero-order valence-corrected chi connectivity index (χ0v) is 15.5. The van der Waals surface area contributed by atoms with Crippen molar-refractivity contribution in [1.29, 1.82) is 0 Å². The van der Waals surface area contributed by atoms with Gasteiger partial charge in [-0.15, -0.1) is 0 Å². The van der Waals surface area contributed by atoms with Crippen molar-refractivity contribution in [3.05, 3.63) is 48.6 Å². The van der Waals surface area contributed by atoms with Crippen molar-refractivity contribution in [1.82, 2.24) is 0 Å². The van der Waals surface area contributed by atoms with Crippen molar-refractivity contribution in [3.8, 4) is 0 Å². The van der Waals surface area contributed by atoms with Gasteiger partial charge < -0.3 is 9.84 Å². The van der Waals surface area contributed by atoms with Gasteiger partial charge in [0.2, 0.25) is 0 Å². The molecule has 0 amide bonds. The first-order valence-corrected chi connectivity index (χ1v) is 9.11. The van der Waals surface area contributed by atoms with Gasteiger partial charge in [-0.2, -0.15) is 0 Å². The Hall–Kier alpha value is -2.10. The zero-order valence-electron chi connectivity index (χ0n) is 15.5. The summed E-state index contributed by atoms with van der Waals surface area (Å²) in [5, 5.41) is 8.71. The molecule has 0 aromatic rings. The maximum Gasteiger partial charge on any atom is 0.307 e. The normalized spacial score (nSPS) is 13.4. The van der Waals surface area contributed by atoms with E-state index >= 15 is 0 Å². The molecule has 0 aliphatic heterocycles. The molecule has 0 fully saturated rings. The van der Waals surface area contributed by atoms with Gasteiger partial charge in [0.1, 0.15) is 6.10 Å². The van der Waals surface area contributed by atoms with Crippen LogP contribution >= 0.6 is 0 Å². The van der Waals surface area contributed by atoms with Gasteiger partial charge >= 0.3 is 11.9 Å². The van der Waals surface area contributed by atoms with E-state index in [1.807, 2.05) is 19.1 Å². The van der Waals surface area contributed by atoms with Crippen molar-refractivity contribution in [2.75, 3.05) is 0 Å². The fraction of sp³-hybridized carbons (Fsp3) is 0.524. The van der Waals surface area contributed by atoms with E-state index in [0.29, 0.717) is 12.8 Å². The first-order chi connectivity index (χ1) is 12.1. The predicted molar refractivity (Wildman–Crippen MR) is 102 cm³/mol. The highest BCUT2D eigenvalue weighted by atomic mass is 16.5. The van der Waals surface area contributed by atoms with E-state index in [4.69, 9.17) is 9.84 Å². The molecule has 0 saturated carbocycles. The quantitative estimate of drug-likeness (QED) is 0.339. The molecule has 0 aliphatic carbocycles. The number of rotatable bonds is 14. The lowest BCUT2D eigenvalue weighted by atomic mass is 10.2. The molecule has 0 heterocycles. The van der Waals surface area contributed by atoms with Gasteiger partial charge in [0.05, 0.1) is 6.42 Å². The Morgan fingerprint density at radius 2 is 1.40 bits per heavy atom. The number of carbonyl (C=O) groups excluding carboxylic acids is 1. The van der Waals surface area contributed by atoms with Gasteiger partial charge in [-0.3, -0.25) is 9.59 Å². The number of hydrogen-bond donors (Lipinski definition) is 1. The standard InChI is InChI=1S/C21H32O4/c1-3-5-6-7-8-9-10-11-12-13-14-15-16-17-21(24)25-19(4-2)18-20(22)23/h5-6,8-9,11-12,14-15,19H,3-4,7,10,13,16-18H2,1-2H3,(H,22,23)/b6-5-,9-8-,12-11-,15-14-. The van der Waals surface area contributed by atoms with Crippen molar-refractivity contribution in [2.45, 2.75) is 71.3 Å². The molecule has 1 N–H and O–H groups in total. The van der Waals surface area contributed by atoms with Gasteiger partial charge in [0.15, 0.2) is 0 Å². The second-order valence-electron chi connectivity index (χ2n) is 5.66. The van der Waals surface area contributed by atoms with Crippen LogP contribution in [0.1, 0.15) is 65.2 Å². The maximum absolute atomic E-state index is 11.6. The third-order valence-electron chi connectivity index (χ3n) is 3.39. The monoisotopic (exact) mass is 348 g/mol. The SMILES string of the molecule is CC/C=C\C/C=C\C/C=C\C/C=C\CCC(=O)OC(CC)CC(=O)O. The summed E-state index contributed by atoms with van der Waals surface area (Å²) in [5.41, 5.74) is 0. The Morgan fingerprint density at radius 3 is 1.88 bits per heavy atom. The molecule has 4 nitrogen and oxygen atoms in total. The highest BCUT2D eigenvalue weighted by Crippen LogP contribution is 2.07. The Balaban J connectivity index is 3.74. The lowest BCUT2D eigenvalue weighted by Crippen LogP contribution is -2.20. The first-order valence-electron chi connectivity index (χ1n) is 9.11. The predicted octanol–water partition coefficient (Wildman–Crippen LogP) is 5.37. The molecular formula is C21H32O4. The average Bonchev–Trinajstić information content (AvgIpc) is 2.58. The molecule has 25 heavy (non-hydrogen) atoms. The molecule has 0 aliphatic rings. The van der Waals surface area contributed by atoms with Crippen molar-refractivity contribution >= 4 is 11.9 Å². The van der Waals surface area contributed by atoms with Crippen LogP contribution < -0.4 is 0 Å². The van der Waals surface area contributed by atoms with Crippen LogP contribution in [0.25, 0.3) is 0 Å². The van der Waals surface area contributed by atoms with E-state index < -0.39 is 12.1 Å². The van der Waals surface area contributed by atoms with E-state index in [1.54, 1.807) is 0 Å². The Bertz CT molecular complexity index is 472. The lowest BCUT2D eigenvalue weighted by Gasteiger charge is -2.13. The molecule has 0 bridgehead atoms. The smallest absolute Gasteiger partial charge is 0.307 e. The minimum absolute atomic E-state index is 0.133. The number of hydrogen-bond acceptors (Lipinski definition) is 3. The minimum atomic E-state index is -0.946. The Kier molecular flexibility index (Phi) is 15.3. The lowest BCUT2D eigenvalue weighted by molar-refractivity contribution is -0.152. The van der Waals surface area contributed by atoms with Crippen LogP contribution in [0.2, 0.25) is 0 Å². The van der Waals surface area contributed by atoms with Gasteiger partial charge in [-0.1, -0.05) is 62.5 Å². The molecule has 0 spiro atoms. The van der Waals surface area contributed by atoms with Gasteiger partial charge in [-0.25, -0.2) is 0 Å². The summed E-state index contributed by atoms with van der Waals surface area (Å²) in [4.78, 5) is 22.2. The number of aliphatic carboxylic acids is 1. The van der Waals surface area contributed by atoms with Crippen LogP contribution in [0.4, 0.5) is 0 Å². The average molecular weight is 348 g/mol. The number of allylic oxidation sites excluding steroid dienone is 8. The van der Waals surface area contributed by atoms with Crippen LogP contribution in [-0.2, 0) is 14.3 Å². The largest absolute Gasteiger partial charge is 0.481 e. The Morgan fingerprint density at radius 1 is 0.880 bits per heavy atom. The molecule has 0 aromatic heterocycles. The minimum Gasteiger partial charge on any atom is -0.481 e. The third-order valence-corrected chi connectivity index (χ3v) is 3.39. The fourth-order valence-corrected chi connectivity index (χ4v) is 2.01. The molecular weight excluding hydrogens is 316 g/mol. The first kappa shape index (κ1) is 22.9. The summed E-state index contributed by atoms with van der Waals surface area (Å²) in [6, 6.07) is 0. The van der Waals surface area contributed by atoms with Gasteiger partial charge in [0, 0.05) is 6.42 Å². The van der Waals surface area contributed by atoms with Crippen molar-refractivity contribution in [2.24, 2.45) is 0 Å². The molecule has 4 heteroatoms. The number of carboxylic acid groups (broad SMARTS) is 1. The van der Waals surface area contributed by atoms with E-state index in [0.717, 1.165) is 25.7 Å². The van der Waals surface area contributed by atoms with Crippen molar-refractivity contribution in [3.63, 3.8) is 0 Å². The van der Waals surface area contributed by atoms with E-state index in [2.05, 4.69) is 43.4 Å². The van der Waals surface area contributed by atoms with Gasteiger partial charge in [-0.05, 0) is 38.5 Å². The van der Waals surface area contributed by atoms with E-state index in [-0.39, 0.29) is 18.8 Å². The molecule has 0 radical (unpaired) electrons.